The van der Waals surface area contributed by atoms with Crippen molar-refractivity contribution in [2.75, 3.05) is 4.90 Å². The molecule has 1 aromatic rings. The first kappa shape index (κ1) is 12.9. The number of nitrogens with zero attached hydrogens (tertiary/aromatic N) is 1. The van der Waals surface area contributed by atoms with Crippen LogP contribution >= 0.6 is 23.2 Å². The maximum atomic E-state index is 12.1. The van der Waals surface area contributed by atoms with Crippen LogP contribution in [0, 0.1) is 0 Å². The fourth-order valence-corrected chi connectivity index (χ4v) is 2.11. The molecule has 4 nitrogen and oxygen atoms in total. The van der Waals surface area contributed by atoms with Gasteiger partial charge < -0.3 is 5.32 Å². The lowest BCUT2D eigenvalue weighted by atomic mass is 10.2. The van der Waals surface area contributed by atoms with Crippen LogP contribution < -0.4 is 10.2 Å². The molecular weight excluding hydrogens is 275 g/mol. The van der Waals surface area contributed by atoms with E-state index in [1.54, 1.807) is 18.2 Å². The monoisotopic (exact) mass is 284 g/mol. The number of amides is 3. The van der Waals surface area contributed by atoms with Crippen LogP contribution in [0.1, 0.15) is 6.42 Å². The summed E-state index contributed by atoms with van der Waals surface area (Å²) in [7, 11) is 0. The smallest absolute Gasteiger partial charge is 0.325 e. The highest BCUT2D eigenvalue weighted by molar-refractivity contribution is 6.37. The predicted octanol–water partition coefficient (Wildman–Crippen LogP) is 2.99. The van der Waals surface area contributed by atoms with Gasteiger partial charge in [-0.05, 0) is 24.6 Å². The van der Waals surface area contributed by atoms with Gasteiger partial charge in [0.05, 0.1) is 10.7 Å². The maximum absolute atomic E-state index is 12.1. The van der Waals surface area contributed by atoms with Crippen molar-refractivity contribution in [3.8, 4) is 0 Å². The summed E-state index contributed by atoms with van der Waals surface area (Å²) in [6.45, 7) is 3.54. The Labute approximate surface area is 114 Å². The lowest BCUT2D eigenvalue weighted by Crippen LogP contribution is -2.31. The fourth-order valence-electron chi connectivity index (χ4n) is 1.74. The lowest BCUT2D eigenvalue weighted by molar-refractivity contribution is -0.118. The van der Waals surface area contributed by atoms with E-state index in [1.165, 1.54) is 6.07 Å². The van der Waals surface area contributed by atoms with Crippen LogP contribution in [0.4, 0.5) is 10.5 Å². The van der Waals surface area contributed by atoms with Crippen LogP contribution in [0.25, 0.3) is 0 Å². The number of rotatable bonds is 3. The molecule has 0 aromatic heterocycles. The molecule has 3 amide bonds. The summed E-state index contributed by atoms with van der Waals surface area (Å²) in [4.78, 5) is 24.9. The summed E-state index contributed by atoms with van der Waals surface area (Å²) in [5, 5.41) is 3.26. The van der Waals surface area contributed by atoms with E-state index >= 15 is 0 Å². The highest BCUT2D eigenvalue weighted by atomic mass is 35.5. The standard InChI is InChI=1S/C12H10Cl2N2O2/c1-2-3-9-11(17)16(12(18)15-9)10-6-7(13)4-5-8(10)14/h2,4-6,9H,1,3H2,(H,15,18). The molecule has 6 heteroatoms. The molecule has 1 fully saturated rings. The molecule has 1 aliphatic heterocycles. The van der Waals surface area contributed by atoms with E-state index in [1.807, 2.05) is 0 Å². The van der Waals surface area contributed by atoms with Crippen molar-refractivity contribution in [2.24, 2.45) is 0 Å². The number of carbonyl (C=O) groups excluding carboxylic acids is 2. The van der Waals surface area contributed by atoms with Gasteiger partial charge in [-0.1, -0.05) is 29.3 Å². The zero-order valence-corrected chi connectivity index (χ0v) is 10.8. The van der Waals surface area contributed by atoms with Crippen LogP contribution in [0.2, 0.25) is 10.0 Å². The Bertz CT molecular complexity index is 531. The quantitative estimate of drug-likeness (QED) is 0.685. The van der Waals surface area contributed by atoms with Gasteiger partial charge >= 0.3 is 6.03 Å². The van der Waals surface area contributed by atoms with E-state index in [-0.39, 0.29) is 5.91 Å². The van der Waals surface area contributed by atoms with E-state index in [0.29, 0.717) is 22.2 Å². The topological polar surface area (TPSA) is 49.4 Å². The van der Waals surface area contributed by atoms with Crippen LogP contribution in [-0.2, 0) is 4.79 Å². The molecular formula is C12H10Cl2N2O2. The average Bonchev–Trinajstić information content (AvgIpc) is 2.59. The molecule has 1 heterocycles. The zero-order chi connectivity index (χ0) is 13.3. The number of urea groups is 1. The third-order valence-corrected chi connectivity index (χ3v) is 3.13. The normalized spacial score (nSPS) is 19.0. The second-order valence-electron chi connectivity index (χ2n) is 3.80. The van der Waals surface area contributed by atoms with Gasteiger partial charge in [-0.25, -0.2) is 9.69 Å². The Morgan fingerprint density at radius 2 is 2.11 bits per heavy atom. The maximum Gasteiger partial charge on any atom is 0.329 e. The van der Waals surface area contributed by atoms with Crippen molar-refractivity contribution in [3.63, 3.8) is 0 Å². The lowest BCUT2D eigenvalue weighted by Gasteiger charge is -2.14. The SMILES string of the molecule is C=CCC1NC(=O)N(c2cc(Cl)ccc2Cl)C1=O. The molecule has 0 radical (unpaired) electrons. The Kier molecular flexibility index (Phi) is 3.59. The molecule has 1 aliphatic rings. The molecule has 0 spiro atoms. The summed E-state index contributed by atoms with van der Waals surface area (Å²) in [6.07, 6.45) is 1.95. The van der Waals surface area contributed by atoms with Gasteiger partial charge in [0.2, 0.25) is 0 Å². The number of imide groups is 1. The van der Waals surface area contributed by atoms with Crippen LogP contribution in [0.5, 0.6) is 0 Å². The molecule has 1 atom stereocenters. The molecule has 18 heavy (non-hydrogen) atoms. The molecule has 2 rings (SSSR count). The average molecular weight is 285 g/mol. The Balaban J connectivity index is 2.38. The number of nitrogens with one attached hydrogen (secondary N) is 1. The van der Waals surface area contributed by atoms with Gasteiger partial charge in [0.25, 0.3) is 5.91 Å². The van der Waals surface area contributed by atoms with Gasteiger partial charge in [-0.3, -0.25) is 4.79 Å². The van der Waals surface area contributed by atoms with E-state index < -0.39 is 12.1 Å². The summed E-state index contributed by atoms with van der Waals surface area (Å²) >= 11 is 11.8. The zero-order valence-electron chi connectivity index (χ0n) is 9.32. The molecule has 1 aromatic carbocycles. The Morgan fingerprint density at radius 3 is 2.78 bits per heavy atom. The van der Waals surface area contributed by atoms with Crippen LogP contribution in [-0.4, -0.2) is 18.0 Å². The van der Waals surface area contributed by atoms with Gasteiger partial charge in [0.1, 0.15) is 6.04 Å². The first-order valence-corrected chi connectivity index (χ1v) is 6.00. The minimum Gasteiger partial charge on any atom is -0.325 e. The number of hydrogen-bond donors (Lipinski definition) is 1. The number of anilines is 1. The largest absolute Gasteiger partial charge is 0.329 e. The van der Waals surface area contributed by atoms with E-state index in [2.05, 4.69) is 11.9 Å². The minimum atomic E-state index is -0.593. The van der Waals surface area contributed by atoms with E-state index in [4.69, 9.17) is 23.2 Å². The number of benzene rings is 1. The van der Waals surface area contributed by atoms with Crippen molar-refractivity contribution in [1.82, 2.24) is 5.32 Å². The second-order valence-corrected chi connectivity index (χ2v) is 4.64. The van der Waals surface area contributed by atoms with E-state index in [0.717, 1.165) is 4.90 Å². The van der Waals surface area contributed by atoms with Crippen LogP contribution in [0.3, 0.4) is 0 Å². The third kappa shape index (κ3) is 2.21. The molecule has 1 unspecified atom stereocenters. The number of halogens is 2. The predicted molar refractivity (Wildman–Crippen MR) is 71.1 cm³/mol. The second kappa shape index (κ2) is 5.00. The number of hydrogen-bond acceptors (Lipinski definition) is 2. The Morgan fingerprint density at radius 1 is 1.39 bits per heavy atom. The summed E-state index contributed by atoms with van der Waals surface area (Å²) in [5.41, 5.74) is 0.290. The van der Waals surface area contributed by atoms with E-state index in [9.17, 15) is 9.59 Å². The molecule has 1 saturated heterocycles. The van der Waals surface area contributed by atoms with Gasteiger partial charge in [0, 0.05) is 5.02 Å². The third-order valence-electron chi connectivity index (χ3n) is 2.57. The van der Waals surface area contributed by atoms with Crippen molar-refractivity contribution in [2.45, 2.75) is 12.5 Å². The molecule has 0 saturated carbocycles. The minimum absolute atomic E-state index is 0.290. The van der Waals surface area contributed by atoms with Crippen molar-refractivity contribution < 1.29 is 9.59 Å². The first-order valence-electron chi connectivity index (χ1n) is 5.25. The van der Waals surface area contributed by atoms with Crippen LogP contribution in [0.15, 0.2) is 30.9 Å². The summed E-state index contributed by atoms with van der Waals surface area (Å²) in [6, 6.07) is 3.52. The van der Waals surface area contributed by atoms with Crippen molar-refractivity contribution in [1.29, 1.82) is 0 Å². The Hall–Kier alpha value is -1.52. The fraction of sp³-hybridized carbons (Fsp3) is 0.167. The van der Waals surface area contributed by atoms with Gasteiger partial charge in [-0.15, -0.1) is 6.58 Å². The summed E-state index contributed by atoms with van der Waals surface area (Å²) in [5.74, 6) is -0.357. The summed E-state index contributed by atoms with van der Waals surface area (Å²) < 4.78 is 0. The van der Waals surface area contributed by atoms with Crippen molar-refractivity contribution in [3.05, 3.63) is 40.9 Å². The van der Waals surface area contributed by atoms with Gasteiger partial charge in [0.15, 0.2) is 0 Å². The van der Waals surface area contributed by atoms with Gasteiger partial charge in [-0.2, -0.15) is 0 Å². The highest BCUT2D eigenvalue weighted by Crippen LogP contribution is 2.31. The molecule has 94 valence electrons. The number of carbonyl (C=O) groups is 2. The molecule has 0 bridgehead atoms. The first-order chi connectivity index (χ1) is 8.54. The van der Waals surface area contributed by atoms with Crippen molar-refractivity contribution >= 4 is 40.8 Å². The highest BCUT2D eigenvalue weighted by Gasteiger charge is 2.39. The molecule has 0 aliphatic carbocycles. The molecule has 1 N–H and O–H groups in total.